The van der Waals surface area contributed by atoms with Crippen molar-refractivity contribution >= 4 is 50.8 Å². The van der Waals surface area contributed by atoms with Crippen LogP contribution in [0, 0.1) is 0 Å². The van der Waals surface area contributed by atoms with E-state index in [9.17, 15) is 4.79 Å². The van der Waals surface area contributed by atoms with Crippen molar-refractivity contribution < 1.29 is 4.79 Å². The van der Waals surface area contributed by atoms with Gasteiger partial charge in [0, 0.05) is 16.8 Å². The van der Waals surface area contributed by atoms with Crippen LogP contribution in [0.5, 0.6) is 0 Å². The van der Waals surface area contributed by atoms with Crippen LogP contribution in [0.2, 0.25) is 0 Å². The minimum atomic E-state index is -0.0798. The largest absolute Gasteiger partial charge is 0.305 e. The van der Waals surface area contributed by atoms with E-state index in [-0.39, 0.29) is 5.91 Å². The van der Waals surface area contributed by atoms with Gasteiger partial charge < -0.3 is 5.32 Å². The van der Waals surface area contributed by atoms with Gasteiger partial charge in [-0.25, -0.2) is 4.98 Å². The summed E-state index contributed by atoms with van der Waals surface area (Å²) in [5, 5.41) is 2.84. The van der Waals surface area contributed by atoms with Crippen LogP contribution in [-0.4, -0.2) is 16.6 Å². The quantitative estimate of drug-likeness (QED) is 0.887. The first kappa shape index (κ1) is 13.1. The number of hydrogen-bond acceptors (Lipinski definition) is 4. The van der Waals surface area contributed by atoms with Crippen molar-refractivity contribution in [3.8, 4) is 0 Å². The van der Waals surface area contributed by atoms with Crippen LogP contribution >= 0.6 is 39.0 Å². The third kappa shape index (κ3) is 2.85. The molecule has 0 saturated carbocycles. The predicted octanol–water partition coefficient (Wildman–Crippen LogP) is 3.95. The minimum absolute atomic E-state index is 0.0798. The lowest BCUT2D eigenvalue weighted by Gasteiger charge is -2.08. The van der Waals surface area contributed by atoms with Crippen molar-refractivity contribution in [2.75, 3.05) is 11.1 Å². The Labute approximate surface area is 128 Å². The molecule has 0 bridgehead atoms. The number of fused-ring (bicyclic) bond motifs is 1. The Morgan fingerprint density at radius 2 is 2.37 bits per heavy atom. The molecular weight excluding hydrogens is 344 g/mol. The van der Waals surface area contributed by atoms with Gasteiger partial charge in [-0.3, -0.25) is 4.79 Å². The summed E-state index contributed by atoms with van der Waals surface area (Å²) < 4.78 is 0.792. The maximum atomic E-state index is 12.2. The van der Waals surface area contributed by atoms with E-state index in [0.717, 1.165) is 27.3 Å². The van der Waals surface area contributed by atoms with Crippen LogP contribution in [0.3, 0.4) is 0 Å². The predicted molar refractivity (Wildman–Crippen MR) is 84.1 cm³/mol. The number of halogens is 1. The highest BCUT2D eigenvalue weighted by Crippen LogP contribution is 2.32. The van der Waals surface area contributed by atoms with Gasteiger partial charge in [0.15, 0.2) is 0 Å². The van der Waals surface area contributed by atoms with Crippen molar-refractivity contribution in [1.82, 2.24) is 4.98 Å². The van der Waals surface area contributed by atoms with Crippen molar-refractivity contribution in [3.05, 3.63) is 44.2 Å². The number of carbonyl (C=O) groups is 1. The summed E-state index contributed by atoms with van der Waals surface area (Å²) in [6.07, 6.45) is 2.74. The summed E-state index contributed by atoms with van der Waals surface area (Å²) in [6.45, 7) is 0. The molecule has 0 unspecified atom stereocenters. The zero-order chi connectivity index (χ0) is 13.2. The number of nitrogens with one attached hydrogen (secondary N) is 1. The standard InChI is InChI=1S/C13H11BrN2OS2/c14-9-2-1-4-15-12(9)16-13(17)11-6-8-7-18-5-3-10(8)19-11/h1-2,4,6H,3,5,7H2,(H,15,16,17). The van der Waals surface area contributed by atoms with Gasteiger partial charge in [0.05, 0.1) is 9.35 Å². The molecule has 0 radical (unpaired) electrons. The second-order valence-electron chi connectivity index (χ2n) is 4.15. The molecule has 98 valence electrons. The van der Waals surface area contributed by atoms with Crippen LogP contribution in [0.4, 0.5) is 5.82 Å². The van der Waals surface area contributed by atoms with Gasteiger partial charge in [-0.05, 0) is 51.9 Å². The van der Waals surface area contributed by atoms with E-state index in [1.54, 1.807) is 17.5 Å². The minimum Gasteiger partial charge on any atom is -0.305 e. The lowest BCUT2D eigenvalue weighted by molar-refractivity contribution is 0.103. The summed E-state index contributed by atoms with van der Waals surface area (Å²) in [6, 6.07) is 5.69. The number of pyridine rings is 1. The molecule has 2 aromatic rings. The highest BCUT2D eigenvalue weighted by atomic mass is 79.9. The Morgan fingerprint density at radius 3 is 3.16 bits per heavy atom. The Balaban J connectivity index is 1.81. The Hall–Kier alpha value is -0.850. The number of nitrogens with zero attached hydrogens (tertiary/aromatic N) is 1. The third-order valence-corrected chi connectivity index (χ3v) is 5.73. The molecule has 1 aliphatic heterocycles. The maximum absolute atomic E-state index is 12.2. The van der Waals surface area contributed by atoms with Crippen LogP contribution in [0.25, 0.3) is 0 Å². The van der Waals surface area contributed by atoms with Crippen LogP contribution in [0.1, 0.15) is 20.1 Å². The van der Waals surface area contributed by atoms with E-state index in [2.05, 4.69) is 26.2 Å². The summed E-state index contributed by atoms with van der Waals surface area (Å²) in [4.78, 5) is 18.5. The normalized spacial score (nSPS) is 13.9. The average Bonchev–Trinajstić information content (AvgIpc) is 2.85. The molecule has 0 saturated heterocycles. The van der Waals surface area contributed by atoms with Gasteiger partial charge in [0.1, 0.15) is 5.82 Å². The first-order valence-corrected chi connectivity index (χ1v) is 8.61. The fourth-order valence-electron chi connectivity index (χ4n) is 1.91. The molecule has 0 aliphatic carbocycles. The highest BCUT2D eigenvalue weighted by molar-refractivity contribution is 9.10. The number of carbonyl (C=O) groups excluding carboxylic acids is 1. The fourth-order valence-corrected chi connectivity index (χ4v) is 4.53. The number of hydrogen-bond donors (Lipinski definition) is 1. The van der Waals surface area contributed by atoms with Gasteiger partial charge in [0.2, 0.25) is 0 Å². The van der Waals surface area contributed by atoms with Gasteiger partial charge in [0.25, 0.3) is 5.91 Å². The number of rotatable bonds is 2. The van der Waals surface area contributed by atoms with Gasteiger partial charge in [-0.1, -0.05) is 0 Å². The number of aryl methyl sites for hydroxylation is 1. The van der Waals surface area contributed by atoms with Crippen molar-refractivity contribution in [2.24, 2.45) is 0 Å². The number of anilines is 1. The number of thiophene rings is 1. The maximum Gasteiger partial charge on any atom is 0.266 e. The number of thioether (sulfide) groups is 1. The fraction of sp³-hybridized carbons (Fsp3) is 0.231. The van der Waals surface area contributed by atoms with Gasteiger partial charge in [-0.2, -0.15) is 11.8 Å². The molecule has 0 aromatic carbocycles. The third-order valence-electron chi connectivity index (χ3n) is 2.84. The Bertz CT molecular complexity index is 603. The number of aromatic nitrogens is 1. The molecule has 1 aliphatic rings. The number of amides is 1. The van der Waals surface area contributed by atoms with Gasteiger partial charge in [-0.15, -0.1) is 11.3 Å². The van der Waals surface area contributed by atoms with E-state index in [1.807, 2.05) is 30.0 Å². The van der Waals surface area contributed by atoms with Crippen LogP contribution in [0.15, 0.2) is 28.9 Å². The van der Waals surface area contributed by atoms with Crippen molar-refractivity contribution in [2.45, 2.75) is 12.2 Å². The molecule has 0 atom stereocenters. The molecule has 3 heterocycles. The van der Waals surface area contributed by atoms with Crippen LogP contribution < -0.4 is 5.32 Å². The SMILES string of the molecule is O=C(Nc1ncccc1Br)c1cc2c(s1)CCSC2. The van der Waals surface area contributed by atoms with E-state index in [1.165, 1.54) is 10.4 Å². The molecule has 6 heteroatoms. The molecule has 3 rings (SSSR count). The Kier molecular flexibility index (Phi) is 3.91. The van der Waals surface area contributed by atoms with Crippen molar-refractivity contribution in [3.63, 3.8) is 0 Å². The van der Waals surface area contributed by atoms with E-state index in [4.69, 9.17) is 0 Å². The zero-order valence-electron chi connectivity index (χ0n) is 9.98. The van der Waals surface area contributed by atoms with Crippen molar-refractivity contribution in [1.29, 1.82) is 0 Å². The average molecular weight is 355 g/mol. The topological polar surface area (TPSA) is 42.0 Å². The smallest absolute Gasteiger partial charge is 0.266 e. The summed E-state index contributed by atoms with van der Waals surface area (Å²) in [5.41, 5.74) is 1.31. The zero-order valence-corrected chi connectivity index (χ0v) is 13.2. The molecule has 1 N–H and O–H groups in total. The molecular formula is C13H11BrN2OS2. The van der Waals surface area contributed by atoms with E-state index >= 15 is 0 Å². The monoisotopic (exact) mass is 354 g/mol. The second-order valence-corrected chi connectivity index (χ2v) is 7.25. The molecule has 1 amide bonds. The Morgan fingerprint density at radius 1 is 1.47 bits per heavy atom. The second kappa shape index (κ2) is 5.64. The first-order chi connectivity index (χ1) is 9.24. The molecule has 2 aromatic heterocycles. The molecule has 19 heavy (non-hydrogen) atoms. The van der Waals surface area contributed by atoms with Gasteiger partial charge >= 0.3 is 0 Å². The molecule has 3 nitrogen and oxygen atoms in total. The summed E-state index contributed by atoms with van der Waals surface area (Å²) in [5.74, 6) is 2.66. The summed E-state index contributed by atoms with van der Waals surface area (Å²) >= 11 is 6.90. The van der Waals surface area contributed by atoms with Crippen LogP contribution in [-0.2, 0) is 12.2 Å². The molecule has 0 spiro atoms. The first-order valence-electron chi connectivity index (χ1n) is 5.85. The molecule has 0 fully saturated rings. The highest BCUT2D eigenvalue weighted by Gasteiger charge is 2.18. The van der Waals surface area contributed by atoms with E-state index < -0.39 is 0 Å². The summed E-state index contributed by atoms with van der Waals surface area (Å²) in [7, 11) is 0. The van der Waals surface area contributed by atoms with E-state index in [0.29, 0.717) is 5.82 Å². The lowest BCUT2D eigenvalue weighted by Crippen LogP contribution is -2.11. The lowest BCUT2D eigenvalue weighted by atomic mass is 10.2.